The second-order valence-electron chi connectivity index (χ2n) is 2.18. The van der Waals surface area contributed by atoms with Crippen LogP contribution in [0.1, 0.15) is 0 Å². The van der Waals surface area contributed by atoms with Gasteiger partial charge in [0, 0.05) is 7.11 Å². The maximum Gasteiger partial charge on any atom is 0.403 e. The van der Waals surface area contributed by atoms with Gasteiger partial charge in [-0.3, -0.25) is 9.08 Å². The smallest absolute Gasteiger partial charge is 0.342 e. The fraction of sp³-hybridized carbons (Fsp3) is 1.00. The molecular weight excluding hydrogens is 186 g/mol. The van der Waals surface area contributed by atoms with Crippen LogP contribution in [-0.2, 0) is 23.5 Å². The highest BCUT2D eigenvalue weighted by molar-refractivity contribution is 7.81. The second-order valence-corrected chi connectivity index (χ2v) is 3.52. The summed E-state index contributed by atoms with van der Waals surface area (Å²) >= 11 is 0. The molecule has 1 unspecified atom stereocenters. The molecule has 74 valence electrons. The van der Waals surface area contributed by atoms with E-state index in [1.165, 1.54) is 12.0 Å². The molecule has 0 rings (SSSR count). The first-order chi connectivity index (χ1) is 5.43. The third-order valence-corrected chi connectivity index (χ3v) is 1.84. The van der Waals surface area contributed by atoms with Crippen molar-refractivity contribution in [3.8, 4) is 0 Å². The minimum atomic E-state index is -3.94. The van der Waals surface area contributed by atoms with Gasteiger partial charge in [0.05, 0.1) is 7.11 Å². The molecule has 0 saturated carbocycles. The third-order valence-electron chi connectivity index (χ3n) is 1.03. The van der Waals surface area contributed by atoms with Crippen LogP contribution in [0, 0.1) is 0 Å². The van der Waals surface area contributed by atoms with E-state index in [2.05, 4.69) is 8.37 Å². The molecule has 0 aromatic carbocycles. The van der Waals surface area contributed by atoms with Crippen LogP contribution in [-0.4, -0.2) is 48.0 Å². The first-order valence-corrected chi connectivity index (χ1v) is 4.44. The van der Waals surface area contributed by atoms with Crippen molar-refractivity contribution in [2.75, 3.05) is 28.3 Å². The van der Waals surface area contributed by atoms with Gasteiger partial charge in [-0.25, -0.2) is 4.18 Å². The Balaban J connectivity index is 4.22. The molecule has 0 aliphatic rings. The van der Waals surface area contributed by atoms with Crippen LogP contribution in [0.2, 0.25) is 0 Å². The Kier molecular flexibility index (Phi) is 4.64. The summed E-state index contributed by atoms with van der Waals surface area (Å²) in [6.07, 6.45) is -0.963. The van der Waals surface area contributed by atoms with Crippen molar-refractivity contribution in [2.45, 2.75) is 6.41 Å². The largest absolute Gasteiger partial charge is 0.403 e. The van der Waals surface area contributed by atoms with Gasteiger partial charge in [-0.15, -0.1) is 0 Å². The maximum atomic E-state index is 10.7. The lowest BCUT2D eigenvalue weighted by atomic mass is 10.9. The molecule has 0 saturated heterocycles. The average molecular weight is 199 g/mol. The van der Waals surface area contributed by atoms with E-state index in [0.717, 1.165) is 7.11 Å². The van der Waals surface area contributed by atoms with Crippen molar-refractivity contribution in [1.82, 2.24) is 4.90 Å². The molecule has 0 aromatic rings. The van der Waals surface area contributed by atoms with Crippen LogP contribution in [0.4, 0.5) is 0 Å². The first-order valence-electron chi connectivity index (χ1n) is 3.11. The number of rotatable bonds is 5. The molecule has 0 N–H and O–H groups in total. The summed E-state index contributed by atoms with van der Waals surface area (Å²) < 4.78 is 34.7. The van der Waals surface area contributed by atoms with E-state index in [1.807, 2.05) is 0 Å². The maximum absolute atomic E-state index is 10.7. The van der Waals surface area contributed by atoms with Crippen LogP contribution >= 0.6 is 0 Å². The minimum absolute atomic E-state index is 0.963. The van der Waals surface area contributed by atoms with Crippen molar-refractivity contribution in [1.29, 1.82) is 0 Å². The summed E-state index contributed by atoms with van der Waals surface area (Å²) in [7, 11) is 1.62. The molecule has 0 fully saturated rings. The Morgan fingerprint density at radius 2 is 1.75 bits per heavy atom. The molecule has 0 spiro atoms. The van der Waals surface area contributed by atoms with E-state index in [9.17, 15) is 8.42 Å². The van der Waals surface area contributed by atoms with Gasteiger partial charge >= 0.3 is 10.4 Å². The summed E-state index contributed by atoms with van der Waals surface area (Å²) in [6.45, 7) is 0. The molecule has 1 atom stereocenters. The highest BCUT2D eigenvalue weighted by Crippen LogP contribution is 2.03. The quantitative estimate of drug-likeness (QED) is 0.550. The minimum Gasteiger partial charge on any atom is -0.342 e. The van der Waals surface area contributed by atoms with E-state index in [4.69, 9.17) is 4.74 Å². The monoisotopic (exact) mass is 199 g/mol. The van der Waals surface area contributed by atoms with Crippen LogP contribution in [0.5, 0.6) is 0 Å². The van der Waals surface area contributed by atoms with Gasteiger partial charge in [-0.1, -0.05) is 0 Å². The zero-order chi connectivity index (χ0) is 9.78. The normalized spacial score (nSPS) is 15.1. The molecule has 6 nitrogen and oxygen atoms in total. The van der Waals surface area contributed by atoms with Crippen molar-refractivity contribution < 1.29 is 21.5 Å². The van der Waals surface area contributed by atoms with E-state index < -0.39 is 16.8 Å². The number of ether oxygens (including phenoxy) is 1. The van der Waals surface area contributed by atoms with Gasteiger partial charge in [0.1, 0.15) is 0 Å². The van der Waals surface area contributed by atoms with Gasteiger partial charge in [0.15, 0.2) is 0 Å². The zero-order valence-corrected chi connectivity index (χ0v) is 8.29. The SMILES string of the molecule is COC(OS(=O)(=O)OC)N(C)C. The van der Waals surface area contributed by atoms with E-state index in [-0.39, 0.29) is 0 Å². The molecule has 0 aliphatic heterocycles. The van der Waals surface area contributed by atoms with Crippen LogP contribution in [0.15, 0.2) is 0 Å². The molecule has 12 heavy (non-hydrogen) atoms. The summed E-state index contributed by atoms with van der Waals surface area (Å²) in [5.74, 6) is 0. The molecule has 0 aliphatic carbocycles. The molecule has 0 amide bonds. The number of hydrogen-bond donors (Lipinski definition) is 0. The predicted octanol–water partition coefficient (Wildman–Crippen LogP) is -0.614. The fourth-order valence-electron chi connectivity index (χ4n) is 0.476. The van der Waals surface area contributed by atoms with Gasteiger partial charge in [-0.2, -0.15) is 8.42 Å². The topological polar surface area (TPSA) is 65.1 Å². The standard InChI is InChI=1S/C5H13NO5S/c1-6(2)5(9-3)11-12(7,8)10-4/h5H,1-4H3. The zero-order valence-electron chi connectivity index (χ0n) is 7.47. The van der Waals surface area contributed by atoms with E-state index in [1.54, 1.807) is 14.1 Å². The lowest BCUT2D eigenvalue weighted by molar-refractivity contribution is -0.141. The number of methoxy groups -OCH3 is 1. The predicted molar refractivity (Wildman–Crippen MR) is 41.5 cm³/mol. The van der Waals surface area contributed by atoms with Crippen molar-refractivity contribution in [3.05, 3.63) is 0 Å². The Morgan fingerprint density at radius 3 is 2.00 bits per heavy atom. The number of hydrogen-bond acceptors (Lipinski definition) is 6. The lowest BCUT2D eigenvalue weighted by Crippen LogP contribution is -2.34. The van der Waals surface area contributed by atoms with Crippen molar-refractivity contribution >= 4 is 10.4 Å². The summed E-state index contributed by atoms with van der Waals surface area (Å²) in [5.41, 5.74) is 0. The van der Waals surface area contributed by atoms with Crippen molar-refractivity contribution in [2.24, 2.45) is 0 Å². The molecule has 7 heteroatoms. The van der Waals surface area contributed by atoms with E-state index in [0.29, 0.717) is 0 Å². The fourth-order valence-corrected chi connectivity index (χ4v) is 1.01. The summed E-state index contributed by atoms with van der Waals surface area (Å²) in [5, 5.41) is 0. The van der Waals surface area contributed by atoms with Gasteiger partial charge in [0.2, 0.25) is 6.41 Å². The Bertz CT molecular complexity index is 212. The second kappa shape index (κ2) is 4.73. The molecule has 0 heterocycles. The first kappa shape index (κ1) is 11.8. The van der Waals surface area contributed by atoms with Crippen molar-refractivity contribution in [3.63, 3.8) is 0 Å². The lowest BCUT2D eigenvalue weighted by Gasteiger charge is -2.20. The van der Waals surface area contributed by atoms with Crippen LogP contribution in [0.3, 0.4) is 0 Å². The molecular formula is C5H13NO5S. The summed E-state index contributed by atoms with van der Waals surface area (Å²) in [4.78, 5) is 1.44. The Hall–Kier alpha value is -0.210. The average Bonchev–Trinajstić information content (AvgIpc) is 2.00. The Morgan fingerprint density at radius 1 is 1.25 bits per heavy atom. The summed E-state index contributed by atoms with van der Waals surface area (Å²) in [6, 6.07) is 0. The molecule has 0 bridgehead atoms. The molecule has 0 radical (unpaired) electrons. The Labute approximate surface area is 72.3 Å². The van der Waals surface area contributed by atoms with Gasteiger partial charge in [-0.05, 0) is 14.1 Å². The van der Waals surface area contributed by atoms with Gasteiger partial charge < -0.3 is 4.74 Å². The molecule has 0 aromatic heterocycles. The van der Waals surface area contributed by atoms with Gasteiger partial charge in [0.25, 0.3) is 0 Å². The highest BCUT2D eigenvalue weighted by atomic mass is 32.3. The van der Waals surface area contributed by atoms with Crippen LogP contribution in [0.25, 0.3) is 0 Å². The highest BCUT2D eigenvalue weighted by Gasteiger charge is 2.20. The third kappa shape index (κ3) is 3.98. The van der Waals surface area contributed by atoms with E-state index >= 15 is 0 Å². The van der Waals surface area contributed by atoms with Crippen LogP contribution < -0.4 is 0 Å². The number of nitrogens with zero attached hydrogens (tertiary/aromatic N) is 1.